The summed E-state index contributed by atoms with van der Waals surface area (Å²) in [7, 11) is 3.13. The van der Waals surface area contributed by atoms with Crippen LogP contribution in [0.1, 0.15) is 35.2 Å². The largest absolute Gasteiger partial charge is 0.465 e. The number of carbonyl (C=O) groups is 1. The van der Waals surface area contributed by atoms with Gasteiger partial charge in [-0.15, -0.1) is 24.0 Å². The van der Waals surface area contributed by atoms with E-state index in [1.807, 2.05) is 12.1 Å². The summed E-state index contributed by atoms with van der Waals surface area (Å²) in [5, 5.41) is 6.52. The molecule has 1 aliphatic rings. The highest BCUT2D eigenvalue weighted by atomic mass is 127. The molecule has 0 atom stereocenters. The number of nitrogens with one attached hydrogen (secondary N) is 2. The maximum Gasteiger partial charge on any atom is 0.337 e. The van der Waals surface area contributed by atoms with Gasteiger partial charge in [0.2, 0.25) is 0 Å². The van der Waals surface area contributed by atoms with Crippen LogP contribution < -0.4 is 10.6 Å². The van der Waals surface area contributed by atoms with Crippen LogP contribution in [0, 0.1) is 5.92 Å². The zero-order valence-corrected chi connectivity index (χ0v) is 17.2. The molecule has 2 N–H and O–H groups in total. The number of benzene rings is 1. The molecule has 0 bridgehead atoms. The lowest BCUT2D eigenvalue weighted by Crippen LogP contribution is -2.37. The van der Waals surface area contributed by atoms with E-state index in [-0.39, 0.29) is 29.9 Å². The van der Waals surface area contributed by atoms with Crippen LogP contribution in [0.4, 0.5) is 0 Å². The highest BCUT2D eigenvalue weighted by Gasteiger charge is 2.20. The number of rotatable bonds is 9. The Bertz CT molecular complexity index is 545. The van der Waals surface area contributed by atoms with Crippen molar-refractivity contribution in [2.45, 2.75) is 25.8 Å². The monoisotopic (exact) mass is 461 g/mol. The van der Waals surface area contributed by atoms with Crippen molar-refractivity contribution in [2.24, 2.45) is 10.9 Å². The summed E-state index contributed by atoms with van der Waals surface area (Å²) in [6.07, 6.45) is 3.62. The number of hydrogen-bond donors (Lipinski definition) is 2. The topological polar surface area (TPSA) is 72.0 Å². The lowest BCUT2D eigenvalue weighted by molar-refractivity contribution is 0.0600. The summed E-state index contributed by atoms with van der Waals surface area (Å²) < 4.78 is 10.3. The quantitative estimate of drug-likeness (QED) is 0.195. The fraction of sp³-hybridized carbons (Fsp3) is 0.556. The molecule has 0 radical (unpaired) electrons. The lowest BCUT2D eigenvalue weighted by atomic mass is 10.1. The van der Waals surface area contributed by atoms with Gasteiger partial charge in [0.15, 0.2) is 5.96 Å². The fourth-order valence-electron chi connectivity index (χ4n) is 2.20. The molecular formula is C18H28IN3O3. The molecule has 25 heavy (non-hydrogen) atoms. The van der Waals surface area contributed by atoms with Gasteiger partial charge >= 0.3 is 5.97 Å². The third kappa shape index (κ3) is 8.53. The Morgan fingerprint density at radius 3 is 2.56 bits per heavy atom. The SMILES string of the molecule is CN=C(NCCCOCC1CC1)NCc1ccc(C(=O)OC)cc1.I. The van der Waals surface area contributed by atoms with Crippen LogP contribution in [-0.2, 0) is 16.0 Å². The number of halogens is 1. The normalized spacial score (nSPS) is 13.8. The smallest absolute Gasteiger partial charge is 0.337 e. The maximum absolute atomic E-state index is 11.4. The predicted octanol–water partition coefficient (Wildman–Crippen LogP) is 2.57. The summed E-state index contributed by atoms with van der Waals surface area (Å²) in [6.45, 7) is 3.16. The molecule has 0 aliphatic heterocycles. The maximum atomic E-state index is 11.4. The van der Waals surface area contributed by atoms with Gasteiger partial charge < -0.3 is 20.1 Å². The number of nitrogens with zero attached hydrogens (tertiary/aromatic N) is 1. The van der Waals surface area contributed by atoms with E-state index in [4.69, 9.17) is 4.74 Å². The first-order valence-corrected chi connectivity index (χ1v) is 8.42. The first-order valence-electron chi connectivity index (χ1n) is 8.42. The third-order valence-corrected chi connectivity index (χ3v) is 3.87. The number of hydrogen-bond acceptors (Lipinski definition) is 4. The minimum absolute atomic E-state index is 0. The number of esters is 1. The van der Waals surface area contributed by atoms with Gasteiger partial charge in [-0.25, -0.2) is 4.79 Å². The first kappa shape index (κ1) is 21.7. The fourth-order valence-corrected chi connectivity index (χ4v) is 2.20. The van der Waals surface area contributed by atoms with E-state index in [0.717, 1.165) is 43.6 Å². The van der Waals surface area contributed by atoms with Crippen LogP contribution in [0.3, 0.4) is 0 Å². The molecule has 1 saturated carbocycles. The molecule has 1 fully saturated rings. The molecule has 0 saturated heterocycles. The highest BCUT2D eigenvalue weighted by Crippen LogP contribution is 2.28. The second kappa shape index (κ2) is 12.1. The lowest BCUT2D eigenvalue weighted by Gasteiger charge is -2.12. The molecule has 0 amide bonds. The molecule has 1 aromatic carbocycles. The van der Waals surface area contributed by atoms with E-state index in [1.54, 1.807) is 19.2 Å². The van der Waals surface area contributed by atoms with Crippen molar-refractivity contribution in [1.29, 1.82) is 0 Å². The molecule has 0 unspecified atom stereocenters. The Morgan fingerprint density at radius 1 is 1.24 bits per heavy atom. The van der Waals surface area contributed by atoms with Gasteiger partial charge in [0.05, 0.1) is 12.7 Å². The third-order valence-electron chi connectivity index (χ3n) is 3.87. The van der Waals surface area contributed by atoms with Crippen LogP contribution in [0.2, 0.25) is 0 Å². The molecule has 0 aromatic heterocycles. The van der Waals surface area contributed by atoms with Gasteiger partial charge in [0.1, 0.15) is 0 Å². The number of methoxy groups -OCH3 is 1. The molecule has 6 nitrogen and oxygen atoms in total. The zero-order valence-electron chi connectivity index (χ0n) is 14.9. The molecule has 2 rings (SSSR count). The second-order valence-electron chi connectivity index (χ2n) is 5.91. The highest BCUT2D eigenvalue weighted by molar-refractivity contribution is 14.0. The van der Waals surface area contributed by atoms with Gasteiger partial charge in [-0.3, -0.25) is 4.99 Å². The minimum Gasteiger partial charge on any atom is -0.465 e. The minimum atomic E-state index is -0.323. The molecule has 7 heteroatoms. The van der Waals surface area contributed by atoms with Gasteiger partial charge in [0.25, 0.3) is 0 Å². The van der Waals surface area contributed by atoms with Crippen molar-refractivity contribution in [3.8, 4) is 0 Å². The summed E-state index contributed by atoms with van der Waals surface area (Å²) in [6, 6.07) is 7.32. The molecule has 140 valence electrons. The average Bonchev–Trinajstić information content (AvgIpc) is 3.44. The van der Waals surface area contributed by atoms with Gasteiger partial charge in [0, 0.05) is 33.4 Å². The standard InChI is InChI=1S/C18H27N3O3.HI/c1-19-18(20-10-3-11-24-13-15-4-5-15)21-12-14-6-8-16(9-7-14)17(22)23-2;/h6-9,15H,3-5,10-13H2,1-2H3,(H2,19,20,21);1H. The van der Waals surface area contributed by atoms with Crippen LogP contribution in [0.25, 0.3) is 0 Å². The first-order chi connectivity index (χ1) is 11.7. The van der Waals surface area contributed by atoms with Crippen molar-refractivity contribution >= 4 is 35.9 Å². The summed E-state index contributed by atoms with van der Waals surface area (Å²) >= 11 is 0. The zero-order chi connectivity index (χ0) is 17.2. The van der Waals surface area contributed by atoms with Gasteiger partial charge in [-0.2, -0.15) is 0 Å². The predicted molar refractivity (Wildman–Crippen MR) is 110 cm³/mol. The van der Waals surface area contributed by atoms with Crippen molar-refractivity contribution < 1.29 is 14.3 Å². The van der Waals surface area contributed by atoms with Crippen LogP contribution in [0.15, 0.2) is 29.3 Å². The average molecular weight is 461 g/mol. The Hall–Kier alpha value is -1.35. The molecule has 0 heterocycles. The van der Waals surface area contributed by atoms with E-state index in [2.05, 4.69) is 20.4 Å². The van der Waals surface area contributed by atoms with Crippen molar-refractivity contribution in [1.82, 2.24) is 10.6 Å². The molecular weight excluding hydrogens is 433 g/mol. The van der Waals surface area contributed by atoms with Crippen LogP contribution in [-0.4, -0.2) is 45.8 Å². The van der Waals surface area contributed by atoms with Gasteiger partial charge in [-0.1, -0.05) is 12.1 Å². The van der Waals surface area contributed by atoms with E-state index >= 15 is 0 Å². The van der Waals surface area contributed by atoms with Crippen molar-refractivity contribution in [3.05, 3.63) is 35.4 Å². The number of ether oxygens (including phenoxy) is 2. The van der Waals surface area contributed by atoms with Crippen LogP contribution in [0.5, 0.6) is 0 Å². The van der Waals surface area contributed by atoms with E-state index in [0.29, 0.717) is 12.1 Å². The molecule has 1 aromatic rings. The Kier molecular flexibility index (Phi) is 10.5. The summed E-state index contributed by atoms with van der Waals surface area (Å²) in [5.74, 6) is 1.25. The number of guanidine groups is 1. The number of carbonyl (C=O) groups excluding carboxylic acids is 1. The van der Waals surface area contributed by atoms with E-state index < -0.39 is 0 Å². The van der Waals surface area contributed by atoms with E-state index in [9.17, 15) is 4.79 Å². The number of aliphatic imine (C=N–C) groups is 1. The molecule has 1 aliphatic carbocycles. The Balaban J connectivity index is 0.00000312. The second-order valence-corrected chi connectivity index (χ2v) is 5.91. The molecule has 0 spiro atoms. The van der Waals surface area contributed by atoms with Gasteiger partial charge in [-0.05, 0) is 42.9 Å². The Labute approximate surface area is 166 Å². The van der Waals surface area contributed by atoms with Crippen LogP contribution >= 0.6 is 24.0 Å². The Morgan fingerprint density at radius 2 is 1.96 bits per heavy atom. The van der Waals surface area contributed by atoms with Crippen molar-refractivity contribution in [2.75, 3.05) is 33.9 Å². The summed E-state index contributed by atoms with van der Waals surface area (Å²) in [4.78, 5) is 15.6. The van der Waals surface area contributed by atoms with Crippen molar-refractivity contribution in [3.63, 3.8) is 0 Å². The summed E-state index contributed by atoms with van der Waals surface area (Å²) in [5.41, 5.74) is 1.62. The van der Waals surface area contributed by atoms with E-state index in [1.165, 1.54) is 20.0 Å².